The van der Waals surface area contributed by atoms with Crippen LogP contribution in [0.5, 0.6) is 0 Å². The summed E-state index contributed by atoms with van der Waals surface area (Å²) >= 11 is 0. The van der Waals surface area contributed by atoms with Gasteiger partial charge >= 0.3 is 0 Å². The van der Waals surface area contributed by atoms with E-state index in [4.69, 9.17) is 9.15 Å². The summed E-state index contributed by atoms with van der Waals surface area (Å²) in [5.74, 6) is 0.397. The van der Waals surface area contributed by atoms with E-state index in [0.29, 0.717) is 11.6 Å². The number of amides is 1. The van der Waals surface area contributed by atoms with Crippen molar-refractivity contribution in [2.75, 3.05) is 18.4 Å². The van der Waals surface area contributed by atoms with Crippen LogP contribution < -0.4 is 5.32 Å². The minimum Gasteiger partial charge on any atom is -0.472 e. The van der Waals surface area contributed by atoms with E-state index in [1.807, 2.05) is 12.1 Å². The highest BCUT2D eigenvalue weighted by atomic mass is 16.5. The highest BCUT2D eigenvalue weighted by molar-refractivity contribution is 5.94. The van der Waals surface area contributed by atoms with Gasteiger partial charge in [-0.05, 0) is 43.5 Å². The second kappa shape index (κ2) is 6.75. The second-order valence-electron chi connectivity index (χ2n) is 6.55. The molecule has 126 valence electrons. The molecule has 2 aliphatic heterocycles. The van der Waals surface area contributed by atoms with Crippen LogP contribution in [0.4, 0.5) is 5.69 Å². The van der Waals surface area contributed by atoms with Crippen LogP contribution in [-0.4, -0.2) is 41.1 Å². The second-order valence-corrected chi connectivity index (χ2v) is 6.55. The number of aromatic nitrogens is 1. The van der Waals surface area contributed by atoms with Crippen LogP contribution in [0.25, 0.3) is 0 Å². The van der Waals surface area contributed by atoms with E-state index in [1.54, 1.807) is 31.0 Å². The molecule has 0 aliphatic carbocycles. The summed E-state index contributed by atoms with van der Waals surface area (Å²) in [4.78, 5) is 18.8. The van der Waals surface area contributed by atoms with Gasteiger partial charge in [-0.25, -0.2) is 0 Å². The van der Waals surface area contributed by atoms with Gasteiger partial charge in [-0.2, -0.15) is 0 Å². The van der Waals surface area contributed by atoms with Crippen molar-refractivity contribution in [1.29, 1.82) is 0 Å². The number of nitrogens with zero attached hydrogens (tertiary/aromatic N) is 2. The van der Waals surface area contributed by atoms with Crippen molar-refractivity contribution in [3.05, 3.63) is 48.7 Å². The molecule has 6 nitrogen and oxygen atoms in total. The summed E-state index contributed by atoms with van der Waals surface area (Å²) in [6.07, 6.45) is 8.45. The summed E-state index contributed by atoms with van der Waals surface area (Å²) < 4.78 is 11.2. The molecule has 2 aliphatic rings. The Labute approximate surface area is 140 Å². The lowest BCUT2D eigenvalue weighted by atomic mass is 9.91. The Hall–Kier alpha value is -2.18. The molecule has 2 aromatic rings. The van der Waals surface area contributed by atoms with E-state index < -0.39 is 0 Å². The normalized spacial score (nSPS) is 26.9. The molecule has 4 rings (SSSR count). The Kier molecular flexibility index (Phi) is 4.32. The Bertz CT molecular complexity index is 674. The third-order valence-electron chi connectivity index (χ3n) is 4.84. The van der Waals surface area contributed by atoms with Gasteiger partial charge in [0.05, 0.1) is 30.5 Å². The first kappa shape index (κ1) is 15.4. The van der Waals surface area contributed by atoms with E-state index in [1.165, 1.54) is 5.56 Å². The lowest BCUT2D eigenvalue weighted by Gasteiger charge is -2.33. The minimum absolute atomic E-state index is 0.0706. The van der Waals surface area contributed by atoms with Crippen molar-refractivity contribution in [2.24, 2.45) is 5.92 Å². The molecule has 0 spiro atoms. The van der Waals surface area contributed by atoms with Crippen molar-refractivity contribution in [1.82, 2.24) is 9.88 Å². The number of likely N-dealkylation sites (tertiary alicyclic amines) is 1. The average Bonchev–Trinajstić information content (AvgIpc) is 3.25. The fraction of sp³-hybridized carbons (Fsp3) is 0.444. The Morgan fingerprint density at radius 3 is 3.17 bits per heavy atom. The van der Waals surface area contributed by atoms with Crippen molar-refractivity contribution >= 4 is 11.6 Å². The minimum atomic E-state index is -0.367. The van der Waals surface area contributed by atoms with Crippen molar-refractivity contribution < 1.29 is 13.9 Å². The average molecular weight is 327 g/mol. The lowest BCUT2D eigenvalue weighted by Crippen LogP contribution is -2.41. The van der Waals surface area contributed by atoms with E-state index in [9.17, 15) is 4.79 Å². The van der Waals surface area contributed by atoms with Gasteiger partial charge in [0.25, 0.3) is 5.91 Å². The number of rotatable bonds is 4. The quantitative estimate of drug-likeness (QED) is 0.933. The van der Waals surface area contributed by atoms with Gasteiger partial charge in [0, 0.05) is 24.8 Å². The third kappa shape index (κ3) is 3.34. The first-order chi connectivity index (χ1) is 11.8. The molecule has 6 heteroatoms. The molecule has 1 amide bonds. The largest absolute Gasteiger partial charge is 0.472 e. The predicted octanol–water partition coefficient (Wildman–Crippen LogP) is 2.29. The number of ether oxygens (including phenoxy) is 1. The van der Waals surface area contributed by atoms with Crippen molar-refractivity contribution in [3.63, 3.8) is 0 Å². The number of nitrogens with one attached hydrogen (secondary N) is 1. The molecule has 4 heterocycles. The first-order valence-electron chi connectivity index (χ1n) is 8.38. The van der Waals surface area contributed by atoms with Crippen molar-refractivity contribution in [2.45, 2.75) is 31.6 Å². The number of carbonyl (C=O) groups excluding carboxylic acids is 1. The van der Waals surface area contributed by atoms with Gasteiger partial charge in [0.15, 0.2) is 0 Å². The summed E-state index contributed by atoms with van der Waals surface area (Å²) in [6, 6.07) is 5.63. The van der Waals surface area contributed by atoms with Gasteiger partial charge in [-0.15, -0.1) is 0 Å². The van der Waals surface area contributed by atoms with Gasteiger partial charge in [-0.1, -0.05) is 0 Å². The zero-order valence-electron chi connectivity index (χ0n) is 13.4. The highest BCUT2D eigenvalue weighted by Gasteiger charge is 2.41. The van der Waals surface area contributed by atoms with Crippen LogP contribution in [0.1, 0.15) is 18.4 Å². The predicted molar refractivity (Wildman–Crippen MR) is 88.2 cm³/mol. The molecule has 0 bridgehead atoms. The molecule has 24 heavy (non-hydrogen) atoms. The first-order valence-corrected chi connectivity index (χ1v) is 8.38. The Morgan fingerprint density at radius 2 is 2.38 bits per heavy atom. The van der Waals surface area contributed by atoms with E-state index >= 15 is 0 Å². The maximum Gasteiger partial charge on any atom is 0.253 e. The maximum atomic E-state index is 12.4. The molecular formula is C18H21N3O3. The number of piperidine rings is 1. The van der Waals surface area contributed by atoms with Crippen molar-refractivity contribution in [3.8, 4) is 0 Å². The summed E-state index contributed by atoms with van der Waals surface area (Å²) in [7, 11) is 0. The number of carbonyl (C=O) groups is 1. The number of hydrogen-bond donors (Lipinski definition) is 1. The van der Waals surface area contributed by atoms with Gasteiger partial charge < -0.3 is 14.5 Å². The molecule has 0 radical (unpaired) electrons. The molecule has 0 aromatic carbocycles. The van der Waals surface area contributed by atoms with E-state index in [0.717, 1.165) is 32.5 Å². The number of anilines is 1. The molecule has 2 aromatic heterocycles. The molecule has 0 saturated carbocycles. The zero-order valence-corrected chi connectivity index (χ0v) is 13.4. The van der Waals surface area contributed by atoms with Gasteiger partial charge in [0.2, 0.25) is 0 Å². The van der Waals surface area contributed by atoms with Crippen LogP contribution in [-0.2, 0) is 16.1 Å². The third-order valence-corrected chi connectivity index (χ3v) is 4.84. The Morgan fingerprint density at radius 1 is 1.42 bits per heavy atom. The van der Waals surface area contributed by atoms with E-state index in [2.05, 4.69) is 15.2 Å². The smallest absolute Gasteiger partial charge is 0.253 e. The van der Waals surface area contributed by atoms with Gasteiger partial charge in [0.1, 0.15) is 6.10 Å². The lowest BCUT2D eigenvalue weighted by molar-refractivity contribution is -0.127. The molecular weight excluding hydrogens is 306 g/mol. The van der Waals surface area contributed by atoms with Crippen LogP contribution in [0.2, 0.25) is 0 Å². The highest BCUT2D eigenvalue weighted by Crippen LogP contribution is 2.34. The zero-order chi connectivity index (χ0) is 16.4. The van der Waals surface area contributed by atoms with Crippen LogP contribution in [0.15, 0.2) is 47.5 Å². The Balaban J connectivity index is 1.33. The number of fused-ring (bicyclic) bond motifs is 1. The standard InChI is InChI=1S/C18H21N3O3/c22-18(20-15-2-1-5-19-9-15)16-8-14-3-6-21(11-17(14)24-16)10-13-4-7-23-12-13/h1-2,4-5,7,9,12,14,16-17H,3,6,8,10-11H2,(H,20,22)/t14-,16+,17-/m0/s1. The van der Waals surface area contributed by atoms with E-state index in [-0.39, 0.29) is 18.1 Å². The fourth-order valence-corrected chi connectivity index (χ4v) is 3.61. The molecule has 0 unspecified atom stereocenters. The SMILES string of the molecule is O=C(Nc1cccnc1)[C@H]1C[C@@H]2CCN(Cc3ccoc3)C[C@@H]2O1. The van der Waals surface area contributed by atoms with Crippen LogP contribution in [0, 0.1) is 5.92 Å². The fourth-order valence-electron chi connectivity index (χ4n) is 3.61. The monoisotopic (exact) mass is 327 g/mol. The number of pyridine rings is 1. The number of furan rings is 1. The summed E-state index contributed by atoms with van der Waals surface area (Å²) in [5, 5.41) is 2.89. The maximum absolute atomic E-state index is 12.4. The topological polar surface area (TPSA) is 67.6 Å². The van der Waals surface area contributed by atoms with Gasteiger partial charge in [-0.3, -0.25) is 14.7 Å². The van der Waals surface area contributed by atoms with Crippen LogP contribution in [0.3, 0.4) is 0 Å². The number of hydrogen-bond acceptors (Lipinski definition) is 5. The molecule has 2 saturated heterocycles. The molecule has 2 fully saturated rings. The van der Waals surface area contributed by atoms with Crippen LogP contribution >= 0.6 is 0 Å². The summed E-state index contributed by atoms with van der Waals surface area (Å²) in [6.45, 7) is 2.77. The molecule has 3 atom stereocenters. The molecule has 1 N–H and O–H groups in total. The summed E-state index contributed by atoms with van der Waals surface area (Å²) in [5.41, 5.74) is 1.89.